The second-order valence-corrected chi connectivity index (χ2v) is 6.87. The van der Waals surface area contributed by atoms with Crippen LogP contribution in [-0.2, 0) is 6.54 Å². The van der Waals surface area contributed by atoms with E-state index in [1.807, 2.05) is 13.0 Å². The summed E-state index contributed by atoms with van der Waals surface area (Å²) in [7, 11) is 1.40. The standard InChI is InChI=1S/C20H17ClFN3O4/c1-11-5-16-17(29-10-28-16)7-15(11)23-20-24-19(26)18(27-2)9-25(20)8-12-3-4-14(22)13(21)6-12/h3-7,9H,8,10H2,1-2H3,(H,23,24,26). The number of nitrogens with zero attached hydrogens (tertiary/aromatic N) is 2. The topological polar surface area (TPSA) is 74.6 Å². The molecule has 1 N–H and O–H groups in total. The summed E-state index contributed by atoms with van der Waals surface area (Å²) in [6.45, 7) is 2.35. The zero-order valence-corrected chi connectivity index (χ0v) is 16.4. The van der Waals surface area contributed by atoms with Gasteiger partial charge in [-0.05, 0) is 36.2 Å². The van der Waals surface area contributed by atoms with E-state index in [1.165, 1.54) is 25.4 Å². The van der Waals surface area contributed by atoms with Crippen LogP contribution in [0.25, 0.3) is 0 Å². The van der Waals surface area contributed by atoms with Crippen molar-refractivity contribution in [1.82, 2.24) is 9.55 Å². The van der Waals surface area contributed by atoms with E-state index in [-0.39, 0.29) is 24.1 Å². The first-order chi connectivity index (χ1) is 13.9. The van der Waals surface area contributed by atoms with Crippen molar-refractivity contribution in [3.63, 3.8) is 0 Å². The molecular formula is C20H17ClFN3O4. The van der Waals surface area contributed by atoms with Crippen LogP contribution >= 0.6 is 11.6 Å². The first-order valence-corrected chi connectivity index (χ1v) is 9.09. The van der Waals surface area contributed by atoms with Crippen molar-refractivity contribution in [2.24, 2.45) is 0 Å². The number of hydrogen-bond acceptors (Lipinski definition) is 6. The van der Waals surface area contributed by atoms with Gasteiger partial charge in [-0.3, -0.25) is 4.79 Å². The molecule has 7 nitrogen and oxygen atoms in total. The number of aromatic nitrogens is 2. The number of anilines is 2. The van der Waals surface area contributed by atoms with E-state index in [2.05, 4.69) is 10.3 Å². The molecule has 9 heteroatoms. The summed E-state index contributed by atoms with van der Waals surface area (Å²) in [5, 5.41) is 3.18. The van der Waals surface area contributed by atoms with E-state index in [0.717, 1.165) is 11.1 Å². The second kappa shape index (κ2) is 7.63. The largest absolute Gasteiger partial charge is 0.490 e. The Hall–Kier alpha value is -3.26. The van der Waals surface area contributed by atoms with Gasteiger partial charge in [-0.1, -0.05) is 17.7 Å². The van der Waals surface area contributed by atoms with Crippen molar-refractivity contribution in [1.29, 1.82) is 0 Å². The predicted octanol–water partition coefficient (Wildman–Crippen LogP) is 3.87. The summed E-state index contributed by atoms with van der Waals surface area (Å²) < 4.78 is 31.1. The molecule has 0 spiro atoms. The van der Waals surface area contributed by atoms with Crippen molar-refractivity contribution in [3.8, 4) is 17.2 Å². The molecule has 3 aromatic rings. The Kier molecular flexibility index (Phi) is 5.02. The molecule has 0 radical (unpaired) electrons. The van der Waals surface area contributed by atoms with Gasteiger partial charge in [0.05, 0.1) is 24.9 Å². The normalized spacial score (nSPS) is 12.1. The number of nitrogens with one attached hydrogen (secondary N) is 1. The van der Waals surface area contributed by atoms with E-state index in [1.54, 1.807) is 16.7 Å². The van der Waals surface area contributed by atoms with Crippen LogP contribution in [0.5, 0.6) is 17.2 Å². The third-order valence-corrected chi connectivity index (χ3v) is 4.78. The summed E-state index contributed by atoms with van der Waals surface area (Å²) >= 11 is 5.89. The van der Waals surface area contributed by atoms with Gasteiger partial charge in [0.2, 0.25) is 18.5 Å². The summed E-state index contributed by atoms with van der Waals surface area (Å²) in [5.74, 6) is 1.14. The Morgan fingerprint density at radius 2 is 2.03 bits per heavy atom. The quantitative estimate of drug-likeness (QED) is 0.679. The number of aryl methyl sites for hydroxylation is 1. The molecule has 4 rings (SSSR count). The maximum Gasteiger partial charge on any atom is 0.316 e. The van der Waals surface area contributed by atoms with Gasteiger partial charge >= 0.3 is 5.56 Å². The zero-order chi connectivity index (χ0) is 20.5. The first kappa shape index (κ1) is 19.1. The molecule has 150 valence electrons. The Balaban J connectivity index is 1.73. The van der Waals surface area contributed by atoms with E-state index < -0.39 is 11.4 Å². The zero-order valence-electron chi connectivity index (χ0n) is 15.7. The van der Waals surface area contributed by atoms with E-state index in [0.29, 0.717) is 23.1 Å². The highest BCUT2D eigenvalue weighted by molar-refractivity contribution is 6.30. The predicted molar refractivity (Wildman–Crippen MR) is 106 cm³/mol. The number of ether oxygens (including phenoxy) is 3. The van der Waals surface area contributed by atoms with Crippen LogP contribution in [-0.4, -0.2) is 23.5 Å². The van der Waals surface area contributed by atoms with Gasteiger partial charge in [0.25, 0.3) is 0 Å². The van der Waals surface area contributed by atoms with Crippen LogP contribution in [0, 0.1) is 12.7 Å². The van der Waals surface area contributed by atoms with Gasteiger partial charge in [-0.2, -0.15) is 4.98 Å². The highest BCUT2D eigenvalue weighted by Gasteiger charge is 2.17. The lowest BCUT2D eigenvalue weighted by Gasteiger charge is -2.17. The lowest BCUT2D eigenvalue weighted by molar-refractivity contribution is 0.174. The Labute approximate surface area is 170 Å². The molecule has 29 heavy (non-hydrogen) atoms. The highest BCUT2D eigenvalue weighted by atomic mass is 35.5. The van der Waals surface area contributed by atoms with Crippen LogP contribution < -0.4 is 25.1 Å². The lowest BCUT2D eigenvalue weighted by Crippen LogP contribution is -2.19. The highest BCUT2D eigenvalue weighted by Crippen LogP contribution is 2.37. The fraction of sp³-hybridized carbons (Fsp3) is 0.200. The molecule has 0 saturated heterocycles. The van der Waals surface area contributed by atoms with E-state index in [9.17, 15) is 9.18 Å². The average molecular weight is 418 g/mol. The van der Waals surface area contributed by atoms with Crippen LogP contribution in [0.3, 0.4) is 0 Å². The maximum atomic E-state index is 13.5. The summed E-state index contributed by atoms with van der Waals surface area (Å²) in [5.41, 5.74) is 1.81. The van der Waals surface area contributed by atoms with Crippen LogP contribution in [0.2, 0.25) is 5.02 Å². The van der Waals surface area contributed by atoms with Crippen molar-refractivity contribution >= 4 is 23.2 Å². The number of hydrogen-bond donors (Lipinski definition) is 1. The molecule has 0 aliphatic carbocycles. The lowest BCUT2D eigenvalue weighted by atomic mass is 10.2. The van der Waals surface area contributed by atoms with Crippen LogP contribution in [0.15, 0.2) is 41.3 Å². The molecule has 0 atom stereocenters. The number of fused-ring (bicyclic) bond motifs is 1. The average Bonchev–Trinajstić information content (AvgIpc) is 3.14. The number of rotatable bonds is 5. The van der Waals surface area contributed by atoms with Gasteiger partial charge in [0.15, 0.2) is 11.5 Å². The van der Waals surface area contributed by atoms with Crippen LogP contribution in [0.1, 0.15) is 11.1 Å². The molecule has 0 amide bonds. The Morgan fingerprint density at radius 3 is 2.76 bits per heavy atom. The van der Waals surface area contributed by atoms with E-state index >= 15 is 0 Å². The third-order valence-electron chi connectivity index (χ3n) is 4.49. The van der Waals surface area contributed by atoms with Crippen LogP contribution in [0.4, 0.5) is 16.0 Å². The smallest absolute Gasteiger partial charge is 0.316 e. The number of methoxy groups -OCH3 is 1. The summed E-state index contributed by atoms with van der Waals surface area (Å²) in [6.07, 6.45) is 1.54. The number of halogens is 2. The minimum atomic E-state index is -0.512. The molecule has 0 saturated carbocycles. The first-order valence-electron chi connectivity index (χ1n) is 8.71. The van der Waals surface area contributed by atoms with Gasteiger partial charge in [0, 0.05) is 11.8 Å². The van der Waals surface area contributed by atoms with Gasteiger partial charge < -0.3 is 24.1 Å². The van der Waals surface area contributed by atoms with E-state index in [4.69, 9.17) is 25.8 Å². The van der Waals surface area contributed by atoms with Gasteiger partial charge in [0.1, 0.15) is 5.82 Å². The molecule has 2 heterocycles. The SMILES string of the molecule is COc1cn(Cc2ccc(F)c(Cl)c2)c(Nc2cc3c(cc2C)OCO3)nc1=O. The van der Waals surface area contributed by atoms with Crippen molar-refractivity contribution in [2.75, 3.05) is 19.2 Å². The fourth-order valence-corrected chi connectivity index (χ4v) is 3.17. The molecule has 2 aromatic carbocycles. The van der Waals surface area contributed by atoms with Gasteiger partial charge in [-0.25, -0.2) is 4.39 Å². The minimum absolute atomic E-state index is 0.0181. The fourth-order valence-electron chi connectivity index (χ4n) is 2.97. The summed E-state index contributed by atoms with van der Waals surface area (Å²) in [6, 6.07) is 8.06. The third kappa shape index (κ3) is 3.84. The monoisotopic (exact) mass is 417 g/mol. The molecule has 1 aliphatic rings. The molecule has 0 fully saturated rings. The van der Waals surface area contributed by atoms with Crippen molar-refractivity contribution < 1.29 is 18.6 Å². The van der Waals surface area contributed by atoms with Crippen molar-refractivity contribution in [2.45, 2.75) is 13.5 Å². The number of benzene rings is 2. The molecule has 1 aliphatic heterocycles. The Morgan fingerprint density at radius 1 is 1.28 bits per heavy atom. The molecular weight excluding hydrogens is 401 g/mol. The molecule has 1 aromatic heterocycles. The molecule has 0 unspecified atom stereocenters. The molecule has 0 bridgehead atoms. The van der Waals surface area contributed by atoms with Crippen molar-refractivity contribution in [3.05, 3.63) is 68.8 Å². The second-order valence-electron chi connectivity index (χ2n) is 6.46. The maximum absolute atomic E-state index is 13.5. The minimum Gasteiger partial charge on any atom is -0.490 e. The van der Waals surface area contributed by atoms with Gasteiger partial charge in [-0.15, -0.1) is 0 Å². The summed E-state index contributed by atoms with van der Waals surface area (Å²) in [4.78, 5) is 16.3. The Bertz CT molecular complexity index is 1150.